The zero-order valence-corrected chi connectivity index (χ0v) is 18.3. The molecule has 1 spiro atoms. The molecule has 33 heavy (non-hydrogen) atoms. The van der Waals surface area contributed by atoms with Crippen molar-refractivity contribution in [1.29, 1.82) is 0 Å². The zero-order valence-electron chi connectivity index (χ0n) is 18.3. The first-order chi connectivity index (χ1) is 16.1. The third-order valence-corrected chi connectivity index (χ3v) is 7.04. The van der Waals surface area contributed by atoms with Crippen LogP contribution in [0.2, 0.25) is 0 Å². The maximum Gasteiger partial charge on any atom is 0.241 e. The van der Waals surface area contributed by atoms with E-state index in [-0.39, 0.29) is 11.7 Å². The number of nitrogens with one attached hydrogen (secondary N) is 2. The van der Waals surface area contributed by atoms with Gasteiger partial charge in [-0.15, -0.1) is 0 Å². The molecule has 0 bridgehead atoms. The van der Waals surface area contributed by atoms with Crippen molar-refractivity contribution in [3.05, 3.63) is 65.5 Å². The van der Waals surface area contributed by atoms with Crippen molar-refractivity contribution in [3.8, 4) is 0 Å². The fourth-order valence-electron chi connectivity index (χ4n) is 5.04. The molecule has 1 amide bonds. The molecule has 9 heteroatoms. The maximum absolute atomic E-state index is 14.3. The molecule has 4 heterocycles. The Bertz CT molecular complexity index is 1180. The van der Waals surface area contributed by atoms with Crippen LogP contribution in [0.3, 0.4) is 0 Å². The quantitative estimate of drug-likeness (QED) is 0.604. The molecule has 170 valence electrons. The number of hydrogen-bond acceptors (Lipinski definition) is 6. The molecule has 2 aromatic heterocycles. The minimum absolute atomic E-state index is 0.0132. The molecular weight excluding hydrogens is 421 g/mol. The number of carbonyl (C=O) groups excluding carboxylic acids is 1. The van der Waals surface area contributed by atoms with Crippen LogP contribution in [0.1, 0.15) is 36.1 Å². The molecule has 1 saturated carbocycles. The van der Waals surface area contributed by atoms with Gasteiger partial charge in [-0.1, -0.05) is 18.2 Å². The number of anilines is 2. The highest BCUT2D eigenvalue weighted by Gasteiger charge is 2.53. The first kappa shape index (κ1) is 20.3. The minimum Gasteiger partial charge on any atom is -0.354 e. The van der Waals surface area contributed by atoms with E-state index >= 15 is 0 Å². The first-order valence-corrected chi connectivity index (χ1v) is 11.5. The summed E-state index contributed by atoms with van der Waals surface area (Å²) in [5, 5.41) is 10.2. The van der Waals surface area contributed by atoms with Crippen LogP contribution in [-0.2, 0) is 23.3 Å². The first-order valence-electron chi connectivity index (χ1n) is 11.5. The monoisotopic (exact) mass is 447 g/mol. The summed E-state index contributed by atoms with van der Waals surface area (Å²) in [5.74, 6) is 1.07. The number of benzene rings is 1. The van der Waals surface area contributed by atoms with Gasteiger partial charge in [-0.25, -0.2) is 14.4 Å². The maximum atomic E-state index is 14.3. The third kappa shape index (κ3) is 3.66. The number of aromatic nitrogens is 4. The largest absolute Gasteiger partial charge is 0.354 e. The van der Waals surface area contributed by atoms with Gasteiger partial charge >= 0.3 is 0 Å². The van der Waals surface area contributed by atoms with Crippen molar-refractivity contribution < 1.29 is 9.18 Å². The molecular formula is C24H26FN7O. The van der Waals surface area contributed by atoms with Crippen molar-refractivity contribution in [2.75, 3.05) is 29.9 Å². The highest BCUT2D eigenvalue weighted by Crippen LogP contribution is 2.43. The summed E-state index contributed by atoms with van der Waals surface area (Å²) >= 11 is 0. The molecule has 3 aromatic rings. The molecule has 3 aliphatic rings. The van der Waals surface area contributed by atoms with Crippen molar-refractivity contribution >= 4 is 17.5 Å². The number of likely N-dealkylation sites (tertiary alicyclic amines) is 1. The van der Waals surface area contributed by atoms with Gasteiger partial charge in [0.1, 0.15) is 11.2 Å². The van der Waals surface area contributed by atoms with E-state index in [0.717, 1.165) is 23.5 Å². The fraction of sp³-hybridized carbons (Fsp3) is 0.417. The Hall–Kier alpha value is -3.33. The topological polar surface area (TPSA) is 90.0 Å². The van der Waals surface area contributed by atoms with Crippen LogP contribution in [0.5, 0.6) is 0 Å². The lowest BCUT2D eigenvalue weighted by atomic mass is 9.77. The average Bonchev–Trinajstić information content (AvgIpc) is 3.31. The Morgan fingerprint density at radius 3 is 2.91 bits per heavy atom. The summed E-state index contributed by atoms with van der Waals surface area (Å²) in [7, 11) is 0. The molecule has 1 aromatic carbocycles. The minimum atomic E-state index is -0.797. The standard InChI is InChI=1S/C24H26FN7O/c25-20-4-2-1-3-17(20)13-31-8-7-24(15-31)21-18(10-27-23(30-21)26-9-16-5-6-16)14-32(22(24)33)19-11-28-29-12-19/h1-4,10-12,16H,5-9,13-15H2,(H,28,29)(H,26,27,30). The number of halogens is 1. The fourth-order valence-corrected chi connectivity index (χ4v) is 5.04. The number of rotatable bonds is 6. The highest BCUT2D eigenvalue weighted by atomic mass is 19.1. The van der Waals surface area contributed by atoms with E-state index < -0.39 is 5.41 Å². The number of hydrogen-bond donors (Lipinski definition) is 2. The molecule has 1 atom stereocenters. The third-order valence-electron chi connectivity index (χ3n) is 7.04. The Balaban J connectivity index is 1.35. The van der Waals surface area contributed by atoms with E-state index in [0.29, 0.717) is 50.0 Å². The van der Waals surface area contributed by atoms with Gasteiger partial charge in [0, 0.05) is 49.7 Å². The summed E-state index contributed by atoms with van der Waals surface area (Å²) in [5.41, 5.74) is 2.32. The molecule has 8 nitrogen and oxygen atoms in total. The van der Waals surface area contributed by atoms with Crippen LogP contribution >= 0.6 is 0 Å². The molecule has 2 fully saturated rings. The van der Waals surface area contributed by atoms with Crippen molar-refractivity contribution in [1.82, 2.24) is 25.1 Å². The van der Waals surface area contributed by atoms with Gasteiger partial charge in [-0.2, -0.15) is 5.10 Å². The van der Waals surface area contributed by atoms with Crippen molar-refractivity contribution in [3.63, 3.8) is 0 Å². The molecule has 1 saturated heterocycles. The SMILES string of the molecule is O=C1N(c2cn[nH]c2)Cc2cnc(NCC3CC3)nc2C12CCN(Cc1ccccc1F)C2. The average molecular weight is 448 g/mol. The van der Waals surface area contributed by atoms with E-state index in [1.54, 1.807) is 29.4 Å². The van der Waals surface area contributed by atoms with E-state index in [2.05, 4.69) is 25.4 Å². The predicted molar refractivity (Wildman–Crippen MR) is 121 cm³/mol. The second-order valence-corrected chi connectivity index (χ2v) is 9.37. The summed E-state index contributed by atoms with van der Waals surface area (Å²) in [6, 6.07) is 6.82. The molecule has 2 N–H and O–H groups in total. The second kappa shape index (κ2) is 7.91. The van der Waals surface area contributed by atoms with Gasteiger partial charge in [-0.05, 0) is 31.2 Å². The van der Waals surface area contributed by atoms with Gasteiger partial charge in [0.05, 0.1) is 24.1 Å². The number of fused-ring (bicyclic) bond motifs is 2. The summed E-state index contributed by atoms with van der Waals surface area (Å²) in [4.78, 5) is 27.3. The molecule has 1 unspecified atom stereocenters. The zero-order chi connectivity index (χ0) is 22.4. The van der Waals surface area contributed by atoms with Crippen LogP contribution < -0.4 is 10.2 Å². The molecule has 6 rings (SSSR count). The van der Waals surface area contributed by atoms with Crippen LogP contribution in [0.25, 0.3) is 0 Å². The predicted octanol–water partition coefficient (Wildman–Crippen LogP) is 2.85. The van der Waals surface area contributed by atoms with Gasteiger partial charge in [-0.3, -0.25) is 14.8 Å². The molecule has 1 aliphatic carbocycles. The molecule has 2 aliphatic heterocycles. The van der Waals surface area contributed by atoms with Crippen LogP contribution in [0.4, 0.5) is 16.0 Å². The lowest BCUT2D eigenvalue weighted by molar-refractivity contribution is -0.124. The van der Waals surface area contributed by atoms with Gasteiger partial charge < -0.3 is 10.2 Å². The summed E-state index contributed by atoms with van der Waals surface area (Å²) < 4.78 is 14.3. The van der Waals surface area contributed by atoms with E-state index in [1.165, 1.54) is 18.9 Å². The van der Waals surface area contributed by atoms with E-state index in [9.17, 15) is 9.18 Å². The van der Waals surface area contributed by atoms with Gasteiger partial charge in [0.25, 0.3) is 0 Å². The van der Waals surface area contributed by atoms with Crippen LogP contribution in [0.15, 0.2) is 42.9 Å². The Kier molecular flexibility index (Phi) is 4.86. The lowest BCUT2D eigenvalue weighted by Gasteiger charge is -2.39. The smallest absolute Gasteiger partial charge is 0.241 e. The summed E-state index contributed by atoms with van der Waals surface area (Å²) in [6.45, 7) is 2.90. The Morgan fingerprint density at radius 1 is 1.24 bits per heavy atom. The van der Waals surface area contributed by atoms with Crippen LogP contribution in [-0.4, -0.2) is 50.6 Å². The van der Waals surface area contributed by atoms with Crippen molar-refractivity contribution in [2.24, 2.45) is 5.92 Å². The van der Waals surface area contributed by atoms with Gasteiger partial charge in [0.2, 0.25) is 11.9 Å². The highest BCUT2D eigenvalue weighted by molar-refractivity contribution is 6.03. The normalized spacial score (nSPS) is 22.7. The van der Waals surface area contributed by atoms with Gasteiger partial charge in [0.15, 0.2) is 0 Å². The molecule has 0 radical (unpaired) electrons. The number of nitrogens with zero attached hydrogens (tertiary/aromatic N) is 5. The van der Waals surface area contributed by atoms with E-state index in [1.807, 2.05) is 12.3 Å². The van der Waals surface area contributed by atoms with Crippen molar-refractivity contribution in [2.45, 2.75) is 37.8 Å². The number of H-pyrrole nitrogens is 1. The van der Waals surface area contributed by atoms with Crippen LogP contribution in [0, 0.1) is 11.7 Å². The Labute approximate surface area is 191 Å². The van der Waals surface area contributed by atoms with E-state index in [4.69, 9.17) is 4.98 Å². The Morgan fingerprint density at radius 2 is 2.12 bits per heavy atom. The number of carbonyl (C=O) groups is 1. The number of aromatic amines is 1. The summed E-state index contributed by atoms with van der Waals surface area (Å²) in [6.07, 6.45) is 8.35. The second-order valence-electron chi connectivity index (χ2n) is 9.37. The lowest BCUT2D eigenvalue weighted by Crippen LogP contribution is -2.53. The number of amides is 1.